The standard InChI is InChI=1S/C20H24N2O3/c1-12-4-5-14(8-13(12)2)20(24)22-19(16-9-17(23)10-16)15-6-7-18(25-3)21-11-15/h4-8,11,16-17,19,23H,9-10H2,1-3H3,(H,22,24). The molecular formula is C20H24N2O3. The van der Waals surface area contributed by atoms with Crippen LogP contribution in [0, 0.1) is 19.8 Å². The number of carbonyl (C=O) groups excluding carboxylic acids is 1. The first-order chi connectivity index (χ1) is 12.0. The van der Waals surface area contributed by atoms with E-state index in [1.807, 2.05) is 38.1 Å². The van der Waals surface area contributed by atoms with Crippen molar-refractivity contribution in [3.8, 4) is 5.88 Å². The minimum atomic E-state index is -0.280. The number of pyridine rings is 1. The van der Waals surface area contributed by atoms with Crippen molar-refractivity contribution in [1.82, 2.24) is 10.3 Å². The van der Waals surface area contributed by atoms with Gasteiger partial charge in [0.15, 0.2) is 0 Å². The van der Waals surface area contributed by atoms with Gasteiger partial charge in [0.1, 0.15) is 0 Å². The summed E-state index contributed by atoms with van der Waals surface area (Å²) < 4.78 is 5.10. The summed E-state index contributed by atoms with van der Waals surface area (Å²) in [6.07, 6.45) is 2.82. The van der Waals surface area contributed by atoms with Gasteiger partial charge in [0, 0.05) is 17.8 Å². The molecule has 2 aromatic rings. The van der Waals surface area contributed by atoms with Crippen LogP contribution in [-0.2, 0) is 0 Å². The van der Waals surface area contributed by atoms with Gasteiger partial charge in [-0.15, -0.1) is 0 Å². The summed E-state index contributed by atoms with van der Waals surface area (Å²) in [5.74, 6) is 0.641. The van der Waals surface area contributed by atoms with E-state index in [-0.39, 0.29) is 24.0 Å². The van der Waals surface area contributed by atoms with Gasteiger partial charge in [-0.2, -0.15) is 0 Å². The largest absolute Gasteiger partial charge is 0.481 e. The molecule has 1 atom stereocenters. The maximum Gasteiger partial charge on any atom is 0.251 e. The zero-order chi connectivity index (χ0) is 18.0. The summed E-state index contributed by atoms with van der Waals surface area (Å²) in [7, 11) is 1.57. The number of nitrogens with one attached hydrogen (secondary N) is 1. The summed E-state index contributed by atoms with van der Waals surface area (Å²) in [6.45, 7) is 4.03. The molecule has 2 N–H and O–H groups in total. The fraction of sp³-hybridized carbons (Fsp3) is 0.400. The van der Waals surface area contributed by atoms with Crippen molar-refractivity contribution in [2.45, 2.75) is 38.8 Å². The van der Waals surface area contributed by atoms with Crippen molar-refractivity contribution in [2.75, 3.05) is 7.11 Å². The van der Waals surface area contributed by atoms with E-state index in [1.54, 1.807) is 19.4 Å². The molecule has 132 valence electrons. The van der Waals surface area contributed by atoms with Gasteiger partial charge in [-0.05, 0) is 61.4 Å². The van der Waals surface area contributed by atoms with E-state index in [0.717, 1.165) is 16.7 Å². The monoisotopic (exact) mass is 340 g/mol. The number of hydrogen-bond acceptors (Lipinski definition) is 4. The van der Waals surface area contributed by atoms with E-state index in [2.05, 4.69) is 10.3 Å². The van der Waals surface area contributed by atoms with Gasteiger partial charge < -0.3 is 15.2 Å². The van der Waals surface area contributed by atoms with E-state index in [9.17, 15) is 9.90 Å². The smallest absolute Gasteiger partial charge is 0.251 e. The number of benzene rings is 1. The van der Waals surface area contributed by atoms with Crippen LogP contribution >= 0.6 is 0 Å². The van der Waals surface area contributed by atoms with Gasteiger partial charge >= 0.3 is 0 Å². The summed E-state index contributed by atoms with van der Waals surface area (Å²) in [6, 6.07) is 9.25. The minimum absolute atomic E-state index is 0.106. The van der Waals surface area contributed by atoms with Gasteiger partial charge in [0.05, 0.1) is 19.3 Å². The predicted molar refractivity (Wildman–Crippen MR) is 95.6 cm³/mol. The molecule has 1 fully saturated rings. The number of hydrogen-bond donors (Lipinski definition) is 2. The fourth-order valence-electron chi connectivity index (χ4n) is 3.18. The maximum absolute atomic E-state index is 12.7. The molecule has 5 heteroatoms. The maximum atomic E-state index is 12.7. The molecule has 0 radical (unpaired) electrons. The summed E-state index contributed by atoms with van der Waals surface area (Å²) in [5, 5.41) is 12.8. The SMILES string of the molecule is COc1ccc(C(NC(=O)c2ccc(C)c(C)c2)C2CC(O)C2)cn1. The molecule has 25 heavy (non-hydrogen) atoms. The fourth-order valence-corrected chi connectivity index (χ4v) is 3.18. The Hall–Kier alpha value is -2.40. The highest BCUT2D eigenvalue weighted by atomic mass is 16.5. The average molecular weight is 340 g/mol. The third-order valence-electron chi connectivity index (χ3n) is 5.00. The Morgan fingerprint density at radius 1 is 1.24 bits per heavy atom. The summed E-state index contributed by atoms with van der Waals surface area (Å²) in [4.78, 5) is 17.0. The number of aryl methyl sites for hydroxylation is 2. The second kappa shape index (κ2) is 7.23. The Kier molecular flexibility index (Phi) is 5.04. The zero-order valence-corrected chi connectivity index (χ0v) is 14.8. The molecular weight excluding hydrogens is 316 g/mol. The molecule has 1 heterocycles. The summed E-state index contributed by atoms with van der Waals surface area (Å²) in [5.41, 5.74) is 3.83. The molecule has 0 spiro atoms. The second-order valence-electron chi connectivity index (χ2n) is 6.77. The van der Waals surface area contributed by atoms with Crippen LogP contribution in [0.1, 0.15) is 45.9 Å². The third-order valence-corrected chi connectivity index (χ3v) is 5.00. The van der Waals surface area contributed by atoms with Gasteiger partial charge in [0.2, 0.25) is 5.88 Å². The number of ether oxygens (including phenoxy) is 1. The van der Waals surface area contributed by atoms with Gasteiger partial charge in [-0.1, -0.05) is 12.1 Å². The van der Waals surface area contributed by atoms with Crippen LogP contribution in [-0.4, -0.2) is 29.2 Å². The van der Waals surface area contributed by atoms with E-state index in [1.165, 1.54) is 0 Å². The molecule has 0 saturated heterocycles. The number of nitrogens with zero attached hydrogens (tertiary/aromatic N) is 1. The molecule has 1 aliphatic rings. The van der Waals surface area contributed by atoms with Crippen molar-refractivity contribution >= 4 is 5.91 Å². The number of methoxy groups -OCH3 is 1. The Morgan fingerprint density at radius 2 is 2.00 bits per heavy atom. The first-order valence-electron chi connectivity index (χ1n) is 8.54. The Balaban J connectivity index is 1.81. The van der Waals surface area contributed by atoms with Crippen molar-refractivity contribution < 1.29 is 14.6 Å². The molecule has 1 aromatic carbocycles. The highest BCUT2D eigenvalue weighted by Crippen LogP contribution is 2.38. The van der Waals surface area contributed by atoms with E-state index in [0.29, 0.717) is 24.3 Å². The first kappa shape index (κ1) is 17.4. The van der Waals surface area contributed by atoms with E-state index in [4.69, 9.17) is 4.74 Å². The molecule has 1 unspecified atom stereocenters. The number of amides is 1. The lowest BCUT2D eigenvalue weighted by atomic mass is 9.75. The molecule has 0 bridgehead atoms. The van der Waals surface area contributed by atoms with Crippen LogP contribution < -0.4 is 10.1 Å². The molecule has 0 aliphatic heterocycles. The van der Waals surface area contributed by atoms with E-state index < -0.39 is 0 Å². The highest BCUT2D eigenvalue weighted by molar-refractivity contribution is 5.94. The lowest BCUT2D eigenvalue weighted by Crippen LogP contribution is -2.41. The summed E-state index contributed by atoms with van der Waals surface area (Å²) >= 11 is 0. The van der Waals surface area contributed by atoms with Crippen LogP contribution in [0.25, 0.3) is 0 Å². The van der Waals surface area contributed by atoms with Crippen molar-refractivity contribution in [3.05, 3.63) is 58.8 Å². The zero-order valence-electron chi connectivity index (χ0n) is 14.8. The molecule has 5 nitrogen and oxygen atoms in total. The van der Waals surface area contributed by atoms with Crippen LogP contribution in [0.5, 0.6) is 5.88 Å². The van der Waals surface area contributed by atoms with Crippen LogP contribution in [0.3, 0.4) is 0 Å². The minimum Gasteiger partial charge on any atom is -0.481 e. The number of aliphatic hydroxyl groups excluding tert-OH is 1. The van der Waals surface area contributed by atoms with Crippen LogP contribution in [0.15, 0.2) is 36.5 Å². The molecule has 3 rings (SSSR count). The average Bonchev–Trinajstić information content (AvgIpc) is 2.59. The Labute approximate surface area is 148 Å². The van der Waals surface area contributed by atoms with Crippen LogP contribution in [0.2, 0.25) is 0 Å². The lowest BCUT2D eigenvalue weighted by molar-refractivity contribution is 0.0234. The predicted octanol–water partition coefficient (Wildman–Crippen LogP) is 2.95. The van der Waals surface area contributed by atoms with Crippen molar-refractivity contribution in [2.24, 2.45) is 5.92 Å². The third kappa shape index (κ3) is 3.82. The Morgan fingerprint density at radius 3 is 2.56 bits per heavy atom. The molecule has 1 aromatic heterocycles. The number of carbonyl (C=O) groups is 1. The Bertz CT molecular complexity index is 752. The van der Waals surface area contributed by atoms with Crippen LogP contribution in [0.4, 0.5) is 0 Å². The van der Waals surface area contributed by atoms with Crippen molar-refractivity contribution in [3.63, 3.8) is 0 Å². The van der Waals surface area contributed by atoms with E-state index >= 15 is 0 Å². The normalized spacial score (nSPS) is 20.5. The molecule has 1 aliphatic carbocycles. The van der Waals surface area contributed by atoms with Crippen molar-refractivity contribution in [1.29, 1.82) is 0 Å². The topological polar surface area (TPSA) is 71.5 Å². The molecule has 1 saturated carbocycles. The van der Waals surface area contributed by atoms with Gasteiger partial charge in [-0.3, -0.25) is 4.79 Å². The number of aliphatic hydroxyl groups is 1. The second-order valence-corrected chi connectivity index (χ2v) is 6.77. The molecule has 1 amide bonds. The van der Waals surface area contributed by atoms with Gasteiger partial charge in [0.25, 0.3) is 5.91 Å². The highest BCUT2D eigenvalue weighted by Gasteiger charge is 2.36. The number of rotatable bonds is 5. The van der Waals surface area contributed by atoms with Gasteiger partial charge in [-0.25, -0.2) is 4.98 Å². The lowest BCUT2D eigenvalue weighted by Gasteiger charge is -2.38. The number of aromatic nitrogens is 1. The first-order valence-corrected chi connectivity index (χ1v) is 8.54. The quantitative estimate of drug-likeness (QED) is 0.878.